The van der Waals surface area contributed by atoms with Gasteiger partial charge >= 0.3 is 23.1 Å². The molecule has 0 saturated heterocycles. The molecule has 1 N–H and O–H groups in total. The van der Waals surface area contributed by atoms with E-state index < -0.39 is 15.0 Å². The topological polar surface area (TPSA) is 54.4 Å². The Morgan fingerprint density at radius 2 is 1.50 bits per heavy atom. The molecule has 0 aliphatic rings. The van der Waals surface area contributed by atoms with Crippen LogP contribution in [-0.4, -0.2) is 36.0 Å². The molecule has 0 aliphatic heterocycles. The molecule has 0 spiro atoms. The van der Waals surface area contributed by atoms with Crippen LogP contribution in [0.2, 0.25) is 15.1 Å². The number of hydrogen-bond donors (Lipinski definition) is 1. The SMILES string of the molecule is O=S(=O)(O)c1cc(Cl)c(Cl)cc1Cl.[H-].[H-].[Mg+2]. The van der Waals surface area contributed by atoms with Gasteiger partial charge in [0, 0.05) is 0 Å². The number of halogens is 3. The van der Waals surface area contributed by atoms with Gasteiger partial charge in [0.25, 0.3) is 10.1 Å². The minimum atomic E-state index is -4.35. The van der Waals surface area contributed by atoms with Crippen LogP contribution >= 0.6 is 34.8 Å². The van der Waals surface area contributed by atoms with E-state index in [9.17, 15) is 8.42 Å². The summed E-state index contributed by atoms with van der Waals surface area (Å²) in [6.07, 6.45) is 0. The standard InChI is InChI=1S/C6H3Cl3O3S.Mg.2H/c7-3-1-5(9)6(2-4(3)8)13(10,11)12;;;/h1-2H,(H,10,11,12);;;/q;+2;2*-1. The molecule has 1 aromatic rings. The number of rotatable bonds is 1. The summed E-state index contributed by atoms with van der Waals surface area (Å²) in [5, 5.41) is -0.0327. The minimum absolute atomic E-state index is 0. The van der Waals surface area contributed by atoms with Gasteiger partial charge in [-0.1, -0.05) is 34.8 Å². The average Bonchev–Trinajstić information content (AvgIpc) is 1.94. The summed E-state index contributed by atoms with van der Waals surface area (Å²) >= 11 is 16.6. The molecule has 3 nitrogen and oxygen atoms in total. The van der Waals surface area contributed by atoms with Crippen LogP contribution in [-0.2, 0) is 10.1 Å². The summed E-state index contributed by atoms with van der Waals surface area (Å²) in [5.41, 5.74) is 0. The van der Waals surface area contributed by atoms with E-state index in [1.807, 2.05) is 0 Å². The van der Waals surface area contributed by atoms with Crippen molar-refractivity contribution in [1.82, 2.24) is 0 Å². The van der Waals surface area contributed by atoms with Crippen LogP contribution in [0.15, 0.2) is 17.0 Å². The zero-order valence-electron chi connectivity index (χ0n) is 8.67. The van der Waals surface area contributed by atoms with E-state index in [1.165, 1.54) is 0 Å². The van der Waals surface area contributed by atoms with Crippen LogP contribution in [0.3, 0.4) is 0 Å². The van der Waals surface area contributed by atoms with Gasteiger partial charge in [0.2, 0.25) is 0 Å². The summed E-state index contributed by atoms with van der Waals surface area (Å²) in [6, 6.07) is 2.14. The second kappa shape index (κ2) is 5.20. The maximum atomic E-state index is 10.7. The summed E-state index contributed by atoms with van der Waals surface area (Å²) in [6.45, 7) is 0. The number of benzene rings is 1. The first kappa shape index (κ1) is 14.8. The van der Waals surface area contributed by atoms with Gasteiger partial charge < -0.3 is 2.85 Å². The maximum absolute atomic E-state index is 10.7. The zero-order chi connectivity index (χ0) is 10.2. The zero-order valence-corrected chi connectivity index (χ0v) is 11.2. The van der Waals surface area contributed by atoms with Gasteiger partial charge in [-0.3, -0.25) is 4.55 Å². The van der Waals surface area contributed by atoms with Crippen LogP contribution in [0.25, 0.3) is 0 Å². The van der Waals surface area contributed by atoms with E-state index in [1.54, 1.807) is 0 Å². The molecule has 0 heterocycles. The van der Waals surface area contributed by atoms with Gasteiger partial charge in [0.1, 0.15) is 4.90 Å². The molecule has 0 aliphatic carbocycles. The second-order valence-electron chi connectivity index (χ2n) is 2.17. The van der Waals surface area contributed by atoms with Crippen molar-refractivity contribution >= 4 is 68.0 Å². The fourth-order valence-electron chi connectivity index (χ4n) is 0.702. The smallest absolute Gasteiger partial charge is 1.00 e. The van der Waals surface area contributed by atoms with Crippen molar-refractivity contribution < 1.29 is 15.8 Å². The van der Waals surface area contributed by atoms with Crippen LogP contribution in [0.4, 0.5) is 0 Å². The third-order valence-corrected chi connectivity index (χ3v) is 3.29. The second-order valence-corrected chi connectivity index (χ2v) is 4.78. The monoisotopic (exact) mass is 286 g/mol. The van der Waals surface area contributed by atoms with E-state index in [0.29, 0.717) is 0 Å². The fraction of sp³-hybridized carbons (Fsp3) is 0. The molecule has 76 valence electrons. The Balaban J connectivity index is -0.000000563. The maximum Gasteiger partial charge on any atom is 2.00 e. The first-order valence-electron chi connectivity index (χ1n) is 2.94. The molecule has 0 aromatic heterocycles. The molecule has 8 heteroatoms. The van der Waals surface area contributed by atoms with Crippen LogP contribution in [0.5, 0.6) is 0 Å². The van der Waals surface area contributed by atoms with Crippen molar-refractivity contribution in [3.63, 3.8) is 0 Å². The quantitative estimate of drug-likeness (QED) is 0.491. The van der Waals surface area contributed by atoms with Crippen LogP contribution < -0.4 is 0 Å². The predicted molar refractivity (Wildman–Crippen MR) is 59.3 cm³/mol. The average molecular weight is 288 g/mol. The van der Waals surface area contributed by atoms with E-state index in [0.717, 1.165) is 12.1 Å². The van der Waals surface area contributed by atoms with Crippen LogP contribution in [0, 0.1) is 0 Å². The Labute approximate surface area is 115 Å². The molecule has 14 heavy (non-hydrogen) atoms. The molecule has 0 unspecified atom stereocenters. The van der Waals surface area contributed by atoms with Gasteiger partial charge in [-0.05, 0) is 12.1 Å². The summed E-state index contributed by atoms with van der Waals surface area (Å²) in [5.74, 6) is 0. The molecule has 0 saturated carbocycles. The predicted octanol–water partition coefficient (Wildman–Crippen LogP) is 2.74. The summed E-state index contributed by atoms with van der Waals surface area (Å²) in [4.78, 5) is -0.455. The van der Waals surface area contributed by atoms with Gasteiger partial charge in [0.05, 0.1) is 15.1 Å². The molecule has 0 atom stereocenters. The first-order chi connectivity index (χ1) is 5.82. The van der Waals surface area contributed by atoms with Crippen molar-refractivity contribution in [3.8, 4) is 0 Å². The van der Waals surface area contributed by atoms with Gasteiger partial charge in [-0.2, -0.15) is 8.42 Å². The van der Waals surface area contributed by atoms with Crippen LogP contribution in [0.1, 0.15) is 2.85 Å². The van der Waals surface area contributed by atoms with Crippen molar-refractivity contribution in [2.24, 2.45) is 0 Å². The van der Waals surface area contributed by atoms with Gasteiger partial charge in [-0.15, -0.1) is 0 Å². The van der Waals surface area contributed by atoms with Crippen molar-refractivity contribution in [3.05, 3.63) is 27.2 Å². The molecule has 0 bridgehead atoms. The first-order valence-corrected chi connectivity index (χ1v) is 5.52. The molecule has 0 fully saturated rings. The molecule has 0 radical (unpaired) electrons. The molecular weight excluding hydrogens is 283 g/mol. The van der Waals surface area contributed by atoms with Crippen molar-refractivity contribution in [2.75, 3.05) is 0 Å². The largest absolute Gasteiger partial charge is 2.00 e. The number of hydrogen-bond acceptors (Lipinski definition) is 2. The van der Waals surface area contributed by atoms with E-state index in [2.05, 4.69) is 0 Å². The van der Waals surface area contributed by atoms with Crippen molar-refractivity contribution in [1.29, 1.82) is 0 Å². The van der Waals surface area contributed by atoms with Gasteiger partial charge in [0.15, 0.2) is 0 Å². The summed E-state index contributed by atoms with van der Waals surface area (Å²) in [7, 11) is -4.35. The molecule has 1 rings (SSSR count). The molecule has 0 amide bonds. The Morgan fingerprint density at radius 1 is 1.07 bits per heavy atom. The van der Waals surface area contributed by atoms with E-state index in [-0.39, 0.29) is 41.0 Å². The van der Waals surface area contributed by atoms with E-state index in [4.69, 9.17) is 39.4 Å². The third kappa shape index (κ3) is 3.41. The minimum Gasteiger partial charge on any atom is -1.00 e. The molecule has 1 aromatic carbocycles. The Bertz CT molecular complexity index is 455. The normalized spacial score (nSPS) is 10.9. The molecular formula is C6H5Cl3MgO3S. The Kier molecular flexibility index (Phi) is 5.49. The Morgan fingerprint density at radius 3 is 1.93 bits per heavy atom. The Hall–Kier alpha value is 0.766. The van der Waals surface area contributed by atoms with E-state index >= 15 is 0 Å². The van der Waals surface area contributed by atoms with Gasteiger partial charge in [-0.25, -0.2) is 0 Å². The van der Waals surface area contributed by atoms with Crippen molar-refractivity contribution in [2.45, 2.75) is 4.90 Å². The third-order valence-electron chi connectivity index (χ3n) is 1.25. The summed E-state index contributed by atoms with van der Waals surface area (Å²) < 4.78 is 30.0. The fourth-order valence-corrected chi connectivity index (χ4v) is 2.18.